The summed E-state index contributed by atoms with van der Waals surface area (Å²) < 4.78 is 61.5. The lowest BCUT2D eigenvalue weighted by atomic mass is 9.78. The molecule has 3 rings (SSSR count). The Morgan fingerprint density at radius 2 is 1.63 bits per heavy atom. The van der Waals surface area contributed by atoms with E-state index in [1.54, 1.807) is 12.1 Å². The lowest BCUT2D eigenvalue weighted by Gasteiger charge is -2.28. The molecule has 0 aromatic heterocycles. The zero-order valence-electron chi connectivity index (χ0n) is 16.0. The third-order valence-corrected chi connectivity index (χ3v) is 5.97. The number of hydrogen-bond donors (Lipinski definition) is 0. The fraction of sp³-hybridized carbons (Fsp3) is 0.636. The van der Waals surface area contributed by atoms with Gasteiger partial charge in [0.05, 0.1) is 11.7 Å². The summed E-state index contributed by atoms with van der Waals surface area (Å²) in [4.78, 5) is 0. The van der Waals surface area contributed by atoms with Gasteiger partial charge in [-0.05, 0) is 54.6 Å². The highest BCUT2D eigenvalue weighted by Gasteiger charge is 2.38. The lowest BCUT2D eigenvalue weighted by molar-refractivity contribution is -0.140. The minimum absolute atomic E-state index is 0.116. The van der Waals surface area contributed by atoms with Crippen molar-refractivity contribution in [1.82, 2.24) is 0 Å². The molecule has 1 aliphatic carbocycles. The maximum atomic E-state index is 14.9. The average Bonchev–Trinajstić information content (AvgIpc) is 2.61. The Kier molecular flexibility index (Phi) is 6.29. The number of alkyl halides is 3. The van der Waals surface area contributed by atoms with E-state index in [4.69, 9.17) is 4.74 Å². The van der Waals surface area contributed by atoms with Gasteiger partial charge in [-0.2, -0.15) is 13.2 Å². The van der Waals surface area contributed by atoms with Crippen LogP contribution < -0.4 is 0 Å². The Balaban J connectivity index is 1.87. The van der Waals surface area contributed by atoms with E-state index >= 15 is 0 Å². The van der Waals surface area contributed by atoms with Crippen molar-refractivity contribution in [3.63, 3.8) is 0 Å². The third kappa shape index (κ3) is 4.92. The Morgan fingerprint density at radius 1 is 0.963 bits per heavy atom. The van der Waals surface area contributed by atoms with Gasteiger partial charge in [0.1, 0.15) is 5.82 Å². The molecular weight excluding hydrogens is 356 g/mol. The Bertz CT molecular complexity index is 664. The van der Waals surface area contributed by atoms with Gasteiger partial charge in [0, 0.05) is 6.61 Å². The molecule has 1 aromatic carbocycles. The van der Waals surface area contributed by atoms with Crippen molar-refractivity contribution in [3.8, 4) is 0 Å². The molecule has 1 aliphatic heterocycles. The Hall–Kier alpha value is -1.36. The first-order chi connectivity index (χ1) is 12.8. The molecule has 0 amide bonds. The van der Waals surface area contributed by atoms with Crippen molar-refractivity contribution in [2.45, 2.75) is 70.6 Å². The highest BCUT2D eigenvalue weighted by Crippen LogP contribution is 2.42. The van der Waals surface area contributed by atoms with Crippen molar-refractivity contribution in [2.24, 2.45) is 11.8 Å². The maximum absolute atomic E-state index is 14.9. The second-order valence-corrected chi connectivity index (χ2v) is 8.30. The molecule has 5 heteroatoms. The van der Waals surface area contributed by atoms with E-state index in [-0.39, 0.29) is 23.1 Å². The molecule has 1 saturated carbocycles. The monoisotopic (exact) mass is 384 g/mol. The first-order valence-electron chi connectivity index (χ1n) is 9.95. The number of benzene rings is 1. The first-order valence-corrected chi connectivity index (χ1v) is 9.95. The van der Waals surface area contributed by atoms with Crippen LogP contribution in [0.2, 0.25) is 0 Å². The molecule has 2 atom stereocenters. The molecule has 2 unspecified atom stereocenters. The number of hydrogen-bond acceptors (Lipinski definition) is 1. The van der Waals surface area contributed by atoms with Crippen molar-refractivity contribution in [2.75, 3.05) is 6.61 Å². The summed E-state index contributed by atoms with van der Waals surface area (Å²) in [6.07, 6.45) is 3.21. The van der Waals surface area contributed by atoms with Gasteiger partial charge < -0.3 is 4.74 Å². The molecule has 2 fully saturated rings. The van der Waals surface area contributed by atoms with Crippen molar-refractivity contribution in [3.05, 3.63) is 40.7 Å². The van der Waals surface area contributed by atoms with E-state index < -0.39 is 17.6 Å². The highest BCUT2D eigenvalue weighted by molar-refractivity contribution is 5.57. The summed E-state index contributed by atoms with van der Waals surface area (Å²) in [5, 5.41) is 0. The van der Waals surface area contributed by atoms with E-state index in [9.17, 15) is 17.6 Å². The molecule has 0 spiro atoms. The maximum Gasteiger partial charge on any atom is 0.419 e. The lowest BCUT2D eigenvalue weighted by Crippen LogP contribution is -2.22. The predicted octanol–water partition coefficient (Wildman–Crippen LogP) is 6.97. The fourth-order valence-corrected chi connectivity index (χ4v) is 4.19. The van der Waals surface area contributed by atoms with Crippen LogP contribution in [0.15, 0.2) is 18.2 Å². The van der Waals surface area contributed by atoms with E-state index in [1.807, 2.05) is 0 Å². The molecule has 1 aromatic rings. The fourth-order valence-electron chi connectivity index (χ4n) is 4.19. The van der Waals surface area contributed by atoms with E-state index in [2.05, 4.69) is 13.8 Å². The summed E-state index contributed by atoms with van der Waals surface area (Å²) in [5.41, 5.74) is -1.04. The molecule has 0 N–H and O–H groups in total. The Morgan fingerprint density at radius 3 is 2.22 bits per heavy atom. The molecule has 0 bridgehead atoms. The van der Waals surface area contributed by atoms with Gasteiger partial charge in [-0.15, -0.1) is 0 Å². The summed E-state index contributed by atoms with van der Waals surface area (Å²) in [6, 6.07) is 2.97. The molecule has 27 heavy (non-hydrogen) atoms. The molecule has 0 radical (unpaired) electrons. The van der Waals surface area contributed by atoms with Crippen LogP contribution in [-0.2, 0) is 10.9 Å². The third-order valence-electron chi connectivity index (χ3n) is 5.97. The SMILES string of the molecule is CC1CCC(c2ccc(/C=C/C3CCC(C)CO3)c(C(F)(F)F)c2F)CC1. The van der Waals surface area contributed by atoms with Crippen molar-refractivity contribution < 1.29 is 22.3 Å². The van der Waals surface area contributed by atoms with Crippen LogP contribution in [0.1, 0.15) is 75.0 Å². The van der Waals surface area contributed by atoms with Crippen LogP contribution in [0.25, 0.3) is 6.08 Å². The van der Waals surface area contributed by atoms with Crippen LogP contribution >= 0.6 is 0 Å². The summed E-state index contributed by atoms with van der Waals surface area (Å²) in [7, 11) is 0. The molecule has 150 valence electrons. The minimum atomic E-state index is -4.72. The molecule has 2 aliphatic rings. The standard InChI is InChI=1S/C22H28F4O/c1-14-3-6-16(7-4-14)19-12-9-17(20(21(19)23)22(24,25)26)8-11-18-10-5-15(2)13-27-18/h8-9,11-12,14-16,18H,3-7,10,13H2,1-2H3/b11-8+. The Labute approximate surface area is 158 Å². The number of ether oxygens (including phenoxy) is 1. The summed E-state index contributed by atoms with van der Waals surface area (Å²) >= 11 is 0. The number of rotatable bonds is 3. The van der Waals surface area contributed by atoms with E-state index in [1.165, 1.54) is 12.1 Å². The van der Waals surface area contributed by atoms with Crippen LogP contribution in [-0.4, -0.2) is 12.7 Å². The van der Waals surface area contributed by atoms with Gasteiger partial charge in [0.2, 0.25) is 0 Å². The zero-order chi connectivity index (χ0) is 19.6. The molecule has 1 nitrogen and oxygen atoms in total. The highest BCUT2D eigenvalue weighted by atomic mass is 19.4. The van der Waals surface area contributed by atoms with E-state index in [0.29, 0.717) is 18.4 Å². The van der Waals surface area contributed by atoms with Gasteiger partial charge >= 0.3 is 6.18 Å². The van der Waals surface area contributed by atoms with Gasteiger partial charge in [-0.25, -0.2) is 4.39 Å². The van der Waals surface area contributed by atoms with Crippen LogP contribution in [0.3, 0.4) is 0 Å². The quantitative estimate of drug-likeness (QED) is 0.512. The van der Waals surface area contributed by atoms with Crippen LogP contribution in [0.5, 0.6) is 0 Å². The zero-order valence-corrected chi connectivity index (χ0v) is 16.0. The van der Waals surface area contributed by atoms with Gasteiger partial charge in [-0.1, -0.05) is 51.0 Å². The van der Waals surface area contributed by atoms with Crippen molar-refractivity contribution >= 4 is 6.08 Å². The topological polar surface area (TPSA) is 9.23 Å². The second kappa shape index (κ2) is 8.34. The largest absolute Gasteiger partial charge is 0.419 e. The predicted molar refractivity (Wildman–Crippen MR) is 98.9 cm³/mol. The molecular formula is C22H28F4O. The normalized spacial score (nSPS) is 30.0. The average molecular weight is 384 g/mol. The van der Waals surface area contributed by atoms with Crippen LogP contribution in [0.4, 0.5) is 17.6 Å². The first kappa shape index (κ1) is 20.4. The smallest absolute Gasteiger partial charge is 0.374 e. The summed E-state index contributed by atoms with van der Waals surface area (Å²) in [6.45, 7) is 4.83. The molecule has 1 saturated heterocycles. The van der Waals surface area contributed by atoms with Crippen molar-refractivity contribution in [1.29, 1.82) is 0 Å². The summed E-state index contributed by atoms with van der Waals surface area (Å²) in [5.74, 6) is -0.187. The number of halogens is 4. The van der Waals surface area contributed by atoms with Gasteiger partial charge in [0.15, 0.2) is 0 Å². The molecule has 1 heterocycles. The van der Waals surface area contributed by atoms with Gasteiger partial charge in [0.25, 0.3) is 0 Å². The van der Waals surface area contributed by atoms with Crippen LogP contribution in [0, 0.1) is 17.7 Å². The second-order valence-electron chi connectivity index (χ2n) is 8.30. The van der Waals surface area contributed by atoms with Gasteiger partial charge in [-0.3, -0.25) is 0 Å². The minimum Gasteiger partial charge on any atom is -0.374 e. The van der Waals surface area contributed by atoms with E-state index in [0.717, 1.165) is 38.5 Å².